The molecule has 110 valence electrons. The maximum atomic E-state index is 11.9. The second-order valence-electron chi connectivity index (χ2n) is 4.44. The van der Waals surface area contributed by atoms with Crippen LogP contribution in [0, 0.1) is 0 Å². The van der Waals surface area contributed by atoms with E-state index in [1.54, 1.807) is 11.0 Å². The molecule has 0 atom stereocenters. The van der Waals surface area contributed by atoms with E-state index < -0.39 is 12.8 Å². The topological polar surface area (TPSA) is 41.6 Å². The molecule has 4 nitrogen and oxygen atoms in total. The minimum atomic E-state index is -4.31. The quantitative estimate of drug-likeness (QED) is 0.846. The molecule has 1 aliphatic heterocycles. The lowest BCUT2D eigenvalue weighted by atomic mass is 10.2. The molecule has 1 amide bonds. The molecule has 0 radical (unpaired) electrons. The molecule has 0 aliphatic carbocycles. The number of para-hydroxylation sites is 2. The number of nitrogens with zero attached hydrogens (tertiary/aromatic N) is 1. The van der Waals surface area contributed by atoms with Crippen molar-refractivity contribution in [2.24, 2.45) is 0 Å². The normalized spacial score (nSPS) is 14.9. The van der Waals surface area contributed by atoms with Crippen molar-refractivity contribution in [2.45, 2.75) is 12.6 Å². The van der Waals surface area contributed by atoms with E-state index in [-0.39, 0.29) is 19.1 Å². The number of carbonyl (C=O) groups excluding carboxylic acids is 1. The van der Waals surface area contributed by atoms with Crippen LogP contribution in [-0.4, -0.2) is 38.4 Å². The molecule has 0 unspecified atom stereocenters. The van der Waals surface area contributed by atoms with Crippen LogP contribution in [0.1, 0.15) is 6.42 Å². The minimum Gasteiger partial charge on any atom is -0.374 e. The number of alkyl halides is 3. The third kappa shape index (κ3) is 3.86. The summed E-state index contributed by atoms with van der Waals surface area (Å²) in [6.07, 6.45) is -3.95. The lowest BCUT2D eigenvalue weighted by Crippen LogP contribution is -2.40. The Morgan fingerprint density at radius 2 is 2.05 bits per heavy atom. The molecule has 0 saturated carbocycles. The number of carbonyl (C=O) groups is 1. The van der Waals surface area contributed by atoms with Crippen LogP contribution in [0.15, 0.2) is 24.3 Å². The Morgan fingerprint density at radius 3 is 2.80 bits per heavy atom. The van der Waals surface area contributed by atoms with E-state index in [9.17, 15) is 18.0 Å². The molecule has 0 spiro atoms. The van der Waals surface area contributed by atoms with E-state index >= 15 is 0 Å². The van der Waals surface area contributed by atoms with Crippen LogP contribution >= 0.6 is 0 Å². The second-order valence-corrected chi connectivity index (χ2v) is 4.44. The molecule has 0 fully saturated rings. The number of benzene rings is 1. The monoisotopic (exact) mass is 288 g/mol. The fraction of sp³-hybridized carbons (Fsp3) is 0.462. The van der Waals surface area contributed by atoms with E-state index in [1.165, 1.54) is 0 Å². The van der Waals surface area contributed by atoms with Crippen molar-refractivity contribution in [1.82, 2.24) is 0 Å². The highest BCUT2D eigenvalue weighted by Crippen LogP contribution is 2.28. The zero-order chi connectivity index (χ0) is 14.6. The molecule has 1 N–H and O–H groups in total. The Morgan fingerprint density at radius 1 is 1.30 bits per heavy atom. The predicted molar refractivity (Wildman–Crippen MR) is 68.8 cm³/mol. The van der Waals surface area contributed by atoms with Gasteiger partial charge in [0.05, 0.1) is 17.9 Å². The number of amides is 1. The van der Waals surface area contributed by atoms with Gasteiger partial charge >= 0.3 is 6.18 Å². The van der Waals surface area contributed by atoms with E-state index in [4.69, 9.17) is 0 Å². The Balaban J connectivity index is 1.85. The SMILES string of the molecule is O=C1CNc2ccccc2N1CCCOCC(F)(F)F. The molecule has 1 aromatic carbocycles. The van der Waals surface area contributed by atoms with Gasteiger partial charge in [0.25, 0.3) is 0 Å². The maximum absolute atomic E-state index is 11.9. The molecular formula is C13H15F3N2O2. The van der Waals surface area contributed by atoms with Crippen LogP contribution in [0.25, 0.3) is 0 Å². The van der Waals surface area contributed by atoms with Crippen LogP contribution in [-0.2, 0) is 9.53 Å². The summed E-state index contributed by atoms with van der Waals surface area (Å²) in [4.78, 5) is 13.4. The maximum Gasteiger partial charge on any atom is 0.411 e. The van der Waals surface area contributed by atoms with Gasteiger partial charge < -0.3 is 15.0 Å². The minimum absolute atomic E-state index is 0.0289. The van der Waals surface area contributed by atoms with Crippen LogP contribution < -0.4 is 10.2 Å². The molecule has 1 aliphatic rings. The summed E-state index contributed by atoms with van der Waals surface area (Å²) < 4.78 is 40.2. The van der Waals surface area contributed by atoms with Crippen molar-refractivity contribution in [3.63, 3.8) is 0 Å². The summed E-state index contributed by atoms with van der Waals surface area (Å²) in [6.45, 7) is -0.742. The van der Waals surface area contributed by atoms with Crippen molar-refractivity contribution in [3.8, 4) is 0 Å². The highest BCUT2D eigenvalue weighted by molar-refractivity contribution is 6.02. The summed E-state index contributed by atoms with van der Waals surface area (Å²) in [6, 6.07) is 7.32. The van der Waals surface area contributed by atoms with Crippen LogP contribution in [0.5, 0.6) is 0 Å². The van der Waals surface area contributed by atoms with Crippen molar-refractivity contribution in [2.75, 3.05) is 36.5 Å². The van der Waals surface area contributed by atoms with Gasteiger partial charge in [-0.3, -0.25) is 4.79 Å². The Bertz CT molecular complexity index is 477. The highest BCUT2D eigenvalue weighted by Gasteiger charge is 2.27. The van der Waals surface area contributed by atoms with Crippen LogP contribution in [0.3, 0.4) is 0 Å². The van der Waals surface area contributed by atoms with Gasteiger partial charge in [-0.2, -0.15) is 13.2 Å². The largest absolute Gasteiger partial charge is 0.411 e. The first-order chi connectivity index (χ1) is 9.47. The molecule has 7 heteroatoms. The van der Waals surface area contributed by atoms with Crippen LogP contribution in [0.2, 0.25) is 0 Å². The first-order valence-electron chi connectivity index (χ1n) is 6.25. The number of fused-ring (bicyclic) bond motifs is 1. The van der Waals surface area contributed by atoms with Gasteiger partial charge in [0.15, 0.2) is 0 Å². The molecule has 0 saturated heterocycles. The summed E-state index contributed by atoms with van der Waals surface area (Å²) in [7, 11) is 0. The van der Waals surface area contributed by atoms with Crippen molar-refractivity contribution >= 4 is 17.3 Å². The number of hydrogen-bond donors (Lipinski definition) is 1. The van der Waals surface area contributed by atoms with Gasteiger partial charge in [-0.25, -0.2) is 0 Å². The fourth-order valence-electron chi connectivity index (χ4n) is 2.02. The van der Waals surface area contributed by atoms with Gasteiger partial charge in [0.1, 0.15) is 6.61 Å². The second kappa shape index (κ2) is 6.13. The zero-order valence-electron chi connectivity index (χ0n) is 10.7. The first kappa shape index (κ1) is 14.6. The van der Waals surface area contributed by atoms with Crippen molar-refractivity contribution in [3.05, 3.63) is 24.3 Å². The standard InChI is InChI=1S/C13H15F3N2O2/c14-13(15,16)9-20-7-3-6-18-11-5-2-1-4-10(11)17-8-12(18)19/h1-2,4-5,17H,3,6-9H2. The molecule has 1 aromatic rings. The molecule has 0 bridgehead atoms. The Kier molecular flexibility index (Phi) is 4.49. The van der Waals surface area contributed by atoms with E-state index in [0.717, 1.165) is 11.4 Å². The van der Waals surface area contributed by atoms with Crippen molar-refractivity contribution < 1.29 is 22.7 Å². The summed E-state index contributed by atoms with van der Waals surface area (Å²) in [5.74, 6) is -0.0977. The summed E-state index contributed by atoms with van der Waals surface area (Å²) in [5, 5.41) is 2.99. The summed E-state index contributed by atoms with van der Waals surface area (Å²) in [5.41, 5.74) is 1.60. The average molecular weight is 288 g/mol. The van der Waals surface area contributed by atoms with E-state index in [0.29, 0.717) is 13.0 Å². The first-order valence-corrected chi connectivity index (χ1v) is 6.25. The van der Waals surface area contributed by atoms with Crippen LogP contribution in [0.4, 0.5) is 24.5 Å². The predicted octanol–water partition coefficient (Wildman–Crippen LogP) is 2.41. The molecule has 0 aromatic heterocycles. The lowest BCUT2D eigenvalue weighted by molar-refractivity contribution is -0.173. The van der Waals surface area contributed by atoms with Gasteiger partial charge in [-0.1, -0.05) is 12.1 Å². The van der Waals surface area contributed by atoms with Gasteiger partial charge in [0, 0.05) is 13.2 Å². The van der Waals surface area contributed by atoms with Crippen molar-refractivity contribution in [1.29, 1.82) is 0 Å². The summed E-state index contributed by atoms with van der Waals surface area (Å²) >= 11 is 0. The number of anilines is 2. The molecular weight excluding hydrogens is 273 g/mol. The third-order valence-corrected chi connectivity index (χ3v) is 2.86. The number of nitrogens with one attached hydrogen (secondary N) is 1. The number of ether oxygens (including phenoxy) is 1. The molecule has 2 rings (SSSR count). The van der Waals surface area contributed by atoms with Gasteiger partial charge in [-0.05, 0) is 18.6 Å². The number of halogens is 3. The zero-order valence-corrected chi connectivity index (χ0v) is 10.7. The Labute approximate surface area is 114 Å². The van der Waals surface area contributed by atoms with E-state index in [2.05, 4.69) is 10.1 Å². The lowest BCUT2D eigenvalue weighted by Gasteiger charge is -2.30. The number of hydrogen-bond acceptors (Lipinski definition) is 3. The van der Waals surface area contributed by atoms with Gasteiger partial charge in [0.2, 0.25) is 5.91 Å². The van der Waals surface area contributed by atoms with E-state index in [1.807, 2.05) is 18.2 Å². The smallest absolute Gasteiger partial charge is 0.374 e. The highest BCUT2D eigenvalue weighted by atomic mass is 19.4. The number of rotatable bonds is 5. The van der Waals surface area contributed by atoms with Gasteiger partial charge in [-0.15, -0.1) is 0 Å². The molecule has 20 heavy (non-hydrogen) atoms. The molecule has 1 heterocycles. The average Bonchev–Trinajstić information content (AvgIpc) is 2.39. The Hall–Kier alpha value is -1.76. The fourth-order valence-corrected chi connectivity index (χ4v) is 2.02. The third-order valence-electron chi connectivity index (χ3n) is 2.86.